The van der Waals surface area contributed by atoms with Crippen LogP contribution in [0.5, 0.6) is 0 Å². The summed E-state index contributed by atoms with van der Waals surface area (Å²) in [7, 11) is -1.89. The number of carbonyl (C=O) groups is 1. The van der Waals surface area contributed by atoms with Gasteiger partial charge in [-0.1, -0.05) is 133 Å². The van der Waals surface area contributed by atoms with Crippen molar-refractivity contribution in [2.24, 2.45) is 0 Å². The first-order valence-corrected chi connectivity index (χ1v) is 11.0. The molecule has 0 radical (unpaired) electrons. The third kappa shape index (κ3) is 83.8. The van der Waals surface area contributed by atoms with E-state index in [1.54, 1.807) is 0 Å². The summed E-state index contributed by atoms with van der Waals surface area (Å²) in [6, 6.07) is 0.907. The average Bonchev–Trinajstić information content (AvgIpc) is 2.23. The topological polar surface area (TPSA) is 37.3 Å². The molecule has 0 aliphatic heterocycles. The zero-order chi connectivity index (χ0) is 13.1. The molecule has 0 aromatic rings. The molecule has 0 atom stereocenters. The van der Waals surface area contributed by atoms with Gasteiger partial charge in [-0.15, -0.1) is 0 Å². The lowest BCUT2D eigenvalue weighted by Crippen LogP contribution is -2.24. The van der Waals surface area contributed by atoms with Crippen molar-refractivity contribution in [2.45, 2.75) is 160 Å². The van der Waals surface area contributed by atoms with E-state index in [1.807, 2.05) is 13.1 Å². The second kappa shape index (κ2) is 56.6. The minimum absolute atomic E-state index is 0. The van der Waals surface area contributed by atoms with E-state index in [9.17, 15) is 9.59 Å². The molecule has 4 heteroatoms. The van der Waals surface area contributed by atoms with Crippen molar-refractivity contribution in [1.29, 1.82) is 0 Å². The van der Waals surface area contributed by atoms with Crippen LogP contribution in [-0.4, -0.2) is 24.0 Å². The molecule has 2 nitrogen and oxygen atoms in total. The maximum absolute atomic E-state index is 11.5. The van der Waals surface area contributed by atoms with Crippen molar-refractivity contribution in [3.05, 3.63) is 0 Å². The lowest BCUT2D eigenvalue weighted by atomic mass is 10.1. The fraction of sp³-hybridized carbons (Fsp3) is 0.960. The van der Waals surface area contributed by atoms with Gasteiger partial charge in [0, 0.05) is 12.2 Å². The van der Waals surface area contributed by atoms with Gasteiger partial charge < -0.3 is 4.80 Å². The Kier molecular flexibility index (Phi) is 173. The number of hydrogen-bond acceptors (Lipinski definition) is 3. The Hall–Kier alpha value is 0.197. The van der Waals surface area contributed by atoms with E-state index in [1.165, 1.54) is 37.4 Å². The van der Waals surface area contributed by atoms with Crippen molar-refractivity contribution in [3.63, 3.8) is 0 Å². The average molecular weight is 469 g/mol. The van der Waals surface area contributed by atoms with Crippen LogP contribution in [0, 0.1) is 0 Å². The molecule has 198 valence electrons. The number of rotatable bonds is 10. The standard InChI is InChI=1S/C13H28O2SSi.12CH4/c1-4-5-6-7-8-10-13(14)16-11-9-12-17(2,3)15;;;;;;;;;;;;/h15H,4-12H2,1-3H3;12*1H4. The van der Waals surface area contributed by atoms with Crippen LogP contribution in [0.25, 0.3) is 0 Å². The molecular weight excluding hydrogens is 392 g/mol. The van der Waals surface area contributed by atoms with E-state index in [-0.39, 0.29) is 89.1 Å². The number of unbranched alkanes of at least 4 members (excludes halogenated alkanes) is 4. The van der Waals surface area contributed by atoms with E-state index >= 15 is 0 Å². The third-order valence-corrected chi connectivity index (χ3v) is 5.28. The molecule has 0 aromatic carbocycles. The summed E-state index contributed by atoms with van der Waals surface area (Å²) in [4.78, 5) is 21.2. The van der Waals surface area contributed by atoms with Crippen LogP contribution in [0.4, 0.5) is 0 Å². The zero-order valence-corrected chi connectivity index (χ0v) is 13.4. The van der Waals surface area contributed by atoms with Crippen molar-refractivity contribution in [2.75, 3.05) is 5.75 Å². The van der Waals surface area contributed by atoms with Gasteiger partial charge in [0.05, 0.1) is 0 Å². The molecular formula is C25H76O2SSi. The summed E-state index contributed by atoms with van der Waals surface area (Å²) < 4.78 is 0. The first kappa shape index (κ1) is 88.5. The highest BCUT2D eigenvalue weighted by Gasteiger charge is 2.15. The monoisotopic (exact) mass is 469 g/mol. The smallest absolute Gasteiger partial charge is 0.188 e. The molecule has 0 aliphatic rings. The molecule has 0 aromatic heterocycles. The third-order valence-electron chi connectivity index (χ3n) is 2.68. The molecule has 0 rings (SSSR count). The minimum Gasteiger partial charge on any atom is -0.432 e. The Morgan fingerprint density at radius 2 is 1.07 bits per heavy atom. The van der Waals surface area contributed by atoms with Crippen molar-refractivity contribution < 1.29 is 9.59 Å². The van der Waals surface area contributed by atoms with E-state index in [4.69, 9.17) is 0 Å². The van der Waals surface area contributed by atoms with Crippen LogP contribution in [0.15, 0.2) is 0 Å². The van der Waals surface area contributed by atoms with Gasteiger partial charge in [0.1, 0.15) is 0 Å². The lowest BCUT2D eigenvalue weighted by Gasteiger charge is -2.12. The van der Waals surface area contributed by atoms with Crippen molar-refractivity contribution in [1.82, 2.24) is 0 Å². The van der Waals surface area contributed by atoms with Crippen LogP contribution in [-0.2, 0) is 4.79 Å². The van der Waals surface area contributed by atoms with Gasteiger partial charge in [-0.25, -0.2) is 0 Å². The lowest BCUT2D eigenvalue weighted by molar-refractivity contribution is -0.111. The van der Waals surface area contributed by atoms with Gasteiger partial charge >= 0.3 is 0 Å². The SMILES string of the molecule is C.C.C.C.C.C.C.C.C.C.C.C.CCCCCCCC(=O)SCCC[Si](C)(C)O. The second-order valence-electron chi connectivity index (χ2n) is 5.30. The fourth-order valence-corrected chi connectivity index (χ4v) is 3.74. The fourth-order valence-electron chi connectivity index (χ4n) is 1.64. The largest absolute Gasteiger partial charge is 0.432 e. The Balaban J connectivity index is -0.0000000194. The highest BCUT2D eigenvalue weighted by Crippen LogP contribution is 2.15. The molecule has 0 aliphatic carbocycles. The van der Waals surface area contributed by atoms with E-state index in [0.717, 1.165) is 31.1 Å². The summed E-state index contributed by atoms with van der Waals surface area (Å²) in [6.45, 7) is 6.10. The van der Waals surface area contributed by atoms with E-state index < -0.39 is 8.32 Å². The number of thioether (sulfide) groups is 1. The van der Waals surface area contributed by atoms with Crippen LogP contribution in [0.1, 0.15) is 141 Å². The molecule has 0 saturated heterocycles. The van der Waals surface area contributed by atoms with Crippen LogP contribution in [0.3, 0.4) is 0 Å². The molecule has 1 N–H and O–H groups in total. The molecule has 0 bridgehead atoms. The first-order chi connectivity index (χ1) is 7.95. The van der Waals surface area contributed by atoms with Gasteiger partial charge in [-0.05, 0) is 32.0 Å². The second-order valence-corrected chi connectivity index (χ2v) is 10.6. The maximum Gasteiger partial charge on any atom is 0.188 e. The molecule has 0 heterocycles. The summed E-state index contributed by atoms with van der Waals surface area (Å²) in [6.07, 6.45) is 7.75. The van der Waals surface area contributed by atoms with Crippen LogP contribution in [0.2, 0.25) is 19.1 Å². The van der Waals surface area contributed by atoms with E-state index in [2.05, 4.69) is 6.92 Å². The highest BCUT2D eigenvalue weighted by molar-refractivity contribution is 8.13. The number of carbonyl (C=O) groups excluding carboxylic acids is 1. The number of hydrogen-bond donors (Lipinski definition) is 1. The van der Waals surface area contributed by atoms with Crippen LogP contribution >= 0.6 is 11.8 Å². The maximum atomic E-state index is 11.5. The molecule has 0 fully saturated rings. The summed E-state index contributed by atoms with van der Waals surface area (Å²) in [5.41, 5.74) is 0. The molecule has 0 amide bonds. The zero-order valence-electron chi connectivity index (χ0n) is 11.6. The Morgan fingerprint density at radius 1 is 0.690 bits per heavy atom. The van der Waals surface area contributed by atoms with E-state index in [0.29, 0.717) is 5.12 Å². The van der Waals surface area contributed by atoms with Gasteiger partial charge in [0.2, 0.25) is 0 Å². The van der Waals surface area contributed by atoms with Crippen molar-refractivity contribution in [3.8, 4) is 0 Å². The summed E-state index contributed by atoms with van der Waals surface area (Å²) in [5, 5.41) is 0.332. The van der Waals surface area contributed by atoms with Gasteiger partial charge in [0.15, 0.2) is 13.4 Å². The minimum atomic E-state index is -1.89. The molecule has 0 spiro atoms. The predicted molar refractivity (Wildman–Crippen MR) is 161 cm³/mol. The Labute approximate surface area is 200 Å². The summed E-state index contributed by atoms with van der Waals surface area (Å²) >= 11 is 1.45. The van der Waals surface area contributed by atoms with Crippen LogP contribution < -0.4 is 0 Å². The molecule has 29 heavy (non-hydrogen) atoms. The normalized spacial score (nSPS) is 6.90. The first-order valence-electron chi connectivity index (χ1n) is 6.83. The molecule has 0 saturated carbocycles. The summed E-state index contributed by atoms with van der Waals surface area (Å²) in [5.74, 6) is 0.880. The van der Waals surface area contributed by atoms with Gasteiger partial charge in [-0.3, -0.25) is 4.79 Å². The van der Waals surface area contributed by atoms with Crippen molar-refractivity contribution >= 4 is 25.2 Å². The van der Waals surface area contributed by atoms with Gasteiger partial charge in [-0.2, -0.15) is 0 Å². The Bertz CT molecular complexity index is 205. The Morgan fingerprint density at radius 3 is 1.41 bits per heavy atom. The predicted octanol–water partition coefficient (Wildman–Crippen LogP) is 11.8. The molecule has 0 unspecified atom stereocenters. The quantitative estimate of drug-likeness (QED) is 0.256. The van der Waals surface area contributed by atoms with Gasteiger partial charge in [0.25, 0.3) is 0 Å². The highest BCUT2D eigenvalue weighted by atomic mass is 32.2.